The number of carbonyl (C=O) groups is 1. The van der Waals surface area contributed by atoms with Crippen LogP contribution in [0.15, 0.2) is 21.9 Å². The van der Waals surface area contributed by atoms with Crippen molar-refractivity contribution in [1.82, 2.24) is 14.6 Å². The molecule has 0 aliphatic heterocycles. The third-order valence-corrected chi connectivity index (χ3v) is 4.27. The number of H-pyrrole nitrogens is 1. The van der Waals surface area contributed by atoms with E-state index in [4.69, 9.17) is 14.0 Å². The first-order chi connectivity index (χ1) is 12.2. The molecule has 4 atom stereocenters. The molecule has 1 aromatic rings. The van der Waals surface area contributed by atoms with Crippen LogP contribution in [0.2, 0.25) is 0 Å². The van der Waals surface area contributed by atoms with Crippen LogP contribution in [0.25, 0.3) is 0 Å². The summed E-state index contributed by atoms with van der Waals surface area (Å²) in [6, 6.07) is 0.803. The molecule has 0 saturated heterocycles. The van der Waals surface area contributed by atoms with Crippen molar-refractivity contribution in [2.75, 3.05) is 6.61 Å². The van der Waals surface area contributed by atoms with Crippen molar-refractivity contribution in [3.05, 3.63) is 33.1 Å². The number of ether oxygens (including phenoxy) is 2. The highest BCUT2D eigenvalue weighted by Gasteiger charge is 2.17. The summed E-state index contributed by atoms with van der Waals surface area (Å²) in [5.41, 5.74) is -0.979. The molecule has 2 N–H and O–H groups in total. The van der Waals surface area contributed by atoms with E-state index >= 15 is 0 Å². The number of nitrogens with one attached hydrogen (secondary N) is 2. The SMILES string of the molecule is CCC(COPNC(C)C(=O)OC(C)C)OC(C)n1ccc(=O)[nH]c1=O. The maximum Gasteiger partial charge on any atom is 0.330 e. The highest BCUT2D eigenvalue weighted by Crippen LogP contribution is 2.15. The number of aromatic nitrogens is 2. The Bertz CT molecular complexity index is 674. The van der Waals surface area contributed by atoms with Gasteiger partial charge in [-0.2, -0.15) is 0 Å². The Hall–Kier alpha value is -1.54. The van der Waals surface area contributed by atoms with Crippen LogP contribution in [0.1, 0.15) is 47.3 Å². The molecule has 26 heavy (non-hydrogen) atoms. The number of rotatable bonds is 11. The van der Waals surface area contributed by atoms with E-state index in [1.807, 2.05) is 6.92 Å². The van der Waals surface area contributed by atoms with Crippen LogP contribution in [-0.2, 0) is 18.8 Å². The molecule has 1 rings (SSSR count). The molecule has 148 valence electrons. The first-order valence-corrected chi connectivity index (χ1v) is 9.45. The number of hydrogen-bond acceptors (Lipinski definition) is 7. The summed E-state index contributed by atoms with van der Waals surface area (Å²) < 4.78 is 17.7. The Kier molecular flexibility index (Phi) is 9.72. The Balaban J connectivity index is 2.42. The normalized spacial score (nSPS) is 15.3. The Morgan fingerprint density at radius 1 is 1.31 bits per heavy atom. The van der Waals surface area contributed by atoms with Gasteiger partial charge < -0.3 is 14.0 Å². The van der Waals surface area contributed by atoms with Gasteiger partial charge >= 0.3 is 11.7 Å². The Morgan fingerprint density at radius 3 is 2.58 bits per heavy atom. The summed E-state index contributed by atoms with van der Waals surface area (Å²) in [5.74, 6) is -0.328. The van der Waals surface area contributed by atoms with Gasteiger partial charge in [0.25, 0.3) is 5.56 Å². The van der Waals surface area contributed by atoms with E-state index in [1.54, 1.807) is 27.7 Å². The second-order valence-corrected chi connectivity index (χ2v) is 6.83. The summed E-state index contributed by atoms with van der Waals surface area (Å²) in [6.07, 6.45) is 1.12. The lowest BCUT2D eigenvalue weighted by molar-refractivity contribution is -0.148. The molecule has 0 aromatic carbocycles. The van der Waals surface area contributed by atoms with Crippen molar-refractivity contribution in [2.24, 2.45) is 0 Å². The van der Waals surface area contributed by atoms with Gasteiger partial charge in [0, 0.05) is 12.3 Å². The average Bonchev–Trinajstić information content (AvgIpc) is 2.56. The molecular weight excluding hydrogens is 361 g/mol. The predicted molar refractivity (Wildman–Crippen MR) is 99.3 cm³/mol. The minimum absolute atomic E-state index is 0.0901. The smallest absolute Gasteiger partial charge is 0.330 e. The van der Waals surface area contributed by atoms with E-state index in [1.165, 1.54) is 16.8 Å². The van der Waals surface area contributed by atoms with Crippen molar-refractivity contribution in [1.29, 1.82) is 0 Å². The molecule has 0 aliphatic rings. The minimum Gasteiger partial charge on any atom is -0.462 e. The molecule has 0 spiro atoms. The van der Waals surface area contributed by atoms with Crippen molar-refractivity contribution in [3.8, 4) is 0 Å². The van der Waals surface area contributed by atoms with Crippen LogP contribution in [0, 0.1) is 0 Å². The second-order valence-electron chi connectivity index (χ2n) is 6.05. The number of esters is 1. The fourth-order valence-corrected chi connectivity index (χ4v) is 2.62. The summed E-state index contributed by atoms with van der Waals surface area (Å²) >= 11 is 0. The number of nitrogens with zero attached hydrogens (tertiary/aromatic N) is 1. The summed E-state index contributed by atoms with van der Waals surface area (Å²) in [7, 11) is -0.0901. The first kappa shape index (κ1) is 22.5. The summed E-state index contributed by atoms with van der Waals surface area (Å²) in [5, 5.41) is 2.95. The fraction of sp³-hybridized carbons (Fsp3) is 0.688. The third-order valence-electron chi connectivity index (χ3n) is 3.41. The quantitative estimate of drug-likeness (QED) is 0.333. The highest BCUT2D eigenvalue weighted by molar-refractivity contribution is 7.29. The van der Waals surface area contributed by atoms with E-state index in [0.717, 1.165) is 0 Å². The maximum absolute atomic E-state index is 11.8. The Labute approximate surface area is 154 Å². The van der Waals surface area contributed by atoms with E-state index in [0.29, 0.717) is 13.0 Å². The molecule has 0 bridgehead atoms. The molecule has 0 saturated carbocycles. The van der Waals surface area contributed by atoms with Crippen molar-refractivity contribution < 1.29 is 18.8 Å². The van der Waals surface area contributed by atoms with E-state index < -0.39 is 23.5 Å². The number of hydrogen-bond donors (Lipinski definition) is 2. The van der Waals surface area contributed by atoms with Gasteiger partial charge in [0.05, 0.1) is 27.8 Å². The molecule has 0 radical (unpaired) electrons. The van der Waals surface area contributed by atoms with Crippen molar-refractivity contribution in [2.45, 2.75) is 65.5 Å². The topological polar surface area (TPSA) is 112 Å². The molecule has 0 aliphatic carbocycles. The maximum atomic E-state index is 11.8. The number of aromatic amines is 1. The third kappa shape index (κ3) is 7.78. The van der Waals surface area contributed by atoms with Gasteiger partial charge in [0.15, 0.2) is 0 Å². The van der Waals surface area contributed by atoms with Crippen LogP contribution in [0.4, 0.5) is 0 Å². The van der Waals surface area contributed by atoms with Crippen LogP contribution < -0.4 is 16.3 Å². The molecular formula is C16H28N3O6P. The molecule has 1 aromatic heterocycles. The van der Waals surface area contributed by atoms with E-state index in [-0.39, 0.29) is 27.1 Å². The standard InChI is InChI=1S/C16H28N3O6P/c1-6-13(9-23-26-18-11(4)15(21)24-10(2)3)25-12(5)19-8-7-14(20)17-16(19)22/h7-8,10-13,18,26H,6,9H2,1-5H3,(H,17,20,22). The minimum atomic E-state index is -0.552. The zero-order chi connectivity index (χ0) is 19.7. The van der Waals surface area contributed by atoms with Gasteiger partial charge in [-0.25, -0.2) is 4.79 Å². The summed E-state index contributed by atoms with van der Waals surface area (Å²) in [4.78, 5) is 36.7. The zero-order valence-corrected chi connectivity index (χ0v) is 16.8. The summed E-state index contributed by atoms with van der Waals surface area (Å²) in [6.45, 7) is 9.25. The average molecular weight is 389 g/mol. The zero-order valence-electron chi connectivity index (χ0n) is 15.8. The Morgan fingerprint density at radius 2 is 2.00 bits per heavy atom. The molecule has 4 unspecified atom stereocenters. The van der Waals surface area contributed by atoms with Crippen molar-refractivity contribution in [3.63, 3.8) is 0 Å². The van der Waals surface area contributed by atoms with E-state index in [9.17, 15) is 14.4 Å². The van der Waals surface area contributed by atoms with Crippen LogP contribution in [0.5, 0.6) is 0 Å². The lowest BCUT2D eigenvalue weighted by Gasteiger charge is -2.23. The van der Waals surface area contributed by atoms with Crippen molar-refractivity contribution >= 4 is 14.9 Å². The van der Waals surface area contributed by atoms with E-state index in [2.05, 4.69) is 10.1 Å². The van der Waals surface area contributed by atoms with Gasteiger partial charge in [0.2, 0.25) is 0 Å². The monoisotopic (exact) mass is 389 g/mol. The van der Waals surface area contributed by atoms with Crippen LogP contribution in [0.3, 0.4) is 0 Å². The largest absolute Gasteiger partial charge is 0.462 e. The van der Waals surface area contributed by atoms with Gasteiger partial charge in [-0.15, -0.1) is 0 Å². The highest BCUT2D eigenvalue weighted by atomic mass is 31.1. The molecule has 0 fully saturated rings. The first-order valence-electron chi connectivity index (χ1n) is 8.54. The van der Waals surface area contributed by atoms with Crippen LogP contribution in [-0.4, -0.2) is 40.4 Å². The predicted octanol–water partition coefficient (Wildman–Crippen LogP) is 1.31. The van der Waals surface area contributed by atoms with Gasteiger partial charge in [-0.3, -0.25) is 24.2 Å². The second kappa shape index (κ2) is 11.2. The molecule has 0 amide bonds. The van der Waals surface area contributed by atoms with Gasteiger partial charge in [0.1, 0.15) is 12.3 Å². The van der Waals surface area contributed by atoms with Crippen LogP contribution >= 0.6 is 8.96 Å². The lowest BCUT2D eigenvalue weighted by atomic mass is 10.3. The lowest BCUT2D eigenvalue weighted by Crippen LogP contribution is -2.34. The number of carbonyl (C=O) groups excluding carboxylic acids is 1. The fourth-order valence-electron chi connectivity index (χ4n) is 1.97. The molecule has 10 heteroatoms. The molecule has 9 nitrogen and oxygen atoms in total. The van der Waals surface area contributed by atoms with Gasteiger partial charge in [-0.05, 0) is 34.1 Å². The molecule has 1 heterocycles. The van der Waals surface area contributed by atoms with Gasteiger partial charge in [-0.1, -0.05) is 6.92 Å².